The number of phosphoric acid groups is 1. The van der Waals surface area contributed by atoms with E-state index in [2.05, 4.69) is 19.5 Å². The Morgan fingerprint density at radius 2 is 2.24 bits per heavy atom. The van der Waals surface area contributed by atoms with Crippen LogP contribution in [0.2, 0.25) is 0 Å². The first kappa shape index (κ1) is 18.0. The Morgan fingerprint density at radius 3 is 2.84 bits per heavy atom. The van der Waals surface area contributed by atoms with Crippen molar-refractivity contribution in [2.45, 2.75) is 24.9 Å². The van der Waals surface area contributed by atoms with Crippen molar-refractivity contribution in [3.05, 3.63) is 16.7 Å². The van der Waals surface area contributed by atoms with Crippen LogP contribution in [0.25, 0.3) is 11.2 Å². The number of nitrogens with zero attached hydrogens (tertiary/aromatic N) is 4. The second kappa shape index (κ2) is 6.48. The van der Waals surface area contributed by atoms with E-state index in [1.165, 1.54) is 10.9 Å². The smallest absolute Gasteiger partial charge is 0.394 e. The van der Waals surface area contributed by atoms with Gasteiger partial charge in [-0.2, -0.15) is 4.98 Å². The number of aromatic amines is 1. The summed E-state index contributed by atoms with van der Waals surface area (Å²) in [5.41, 5.74) is -0.0627. The molecule has 1 aliphatic heterocycles. The Balaban J connectivity index is 1.97. The summed E-state index contributed by atoms with van der Waals surface area (Å²) in [5.74, 6) is 0.318. The molecule has 2 aromatic rings. The number of rotatable bonds is 5. The Kier molecular flexibility index (Phi) is 4.66. The lowest BCUT2D eigenvalue weighted by Crippen LogP contribution is -2.26. The van der Waals surface area contributed by atoms with Crippen LogP contribution in [0, 0.1) is 0 Å². The van der Waals surface area contributed by atoms with Gasteiger partial charge in [0, 0.05) is 20.5 Å². The van der Waals surface area contributed by atoms with Gasteiger partial charge in [0.1, 0.15) is 18.4 Å². The second-order valence-electron chi connectivity index (χ2n) is 5.79. The third kappa shape index (κ3) is 3.59. The first-order valence-corrected chi connectivity index (χ1v) is 8.87. The van der Waals surface area contributed by atoms with Gasteiger partial charge in [-0.15, -0.1) is 0 Å². The molecular weight excluding hydrogens is 357 g/mol. The van der Waals surface area contributed by atoms with Crippen molar-refractivity contribution < 1.29 is 28.7 Å². The molecule has 0 aliphatic carbocycles. The molecule has 13 heteroatoms. The van der Waals surface area contributed by atoms with Gasteiger partial charge in [0.15, 0.2) is 11.2 Å². The standard InChI is InChI=1S/C12H18N5O7P/c1-16(2)12-14-10-9(11(19)15-12)13-5-17(10)8-3-6(7(4-18)23-8)24-25(20,21)22/h5-8,18H,3-4H2,1-2H3,(H,14,15,19)(H2,20,21,22)/t6-,7+,8+/m0/s1. The first-order valence-electron chi connectivity index (χ1n) is 7.34. The van der Waals surface area contributed by atoms with E-state index in [-0.39, 0.29) is 17.6 Å². The van der Waals surface area contributed by atoms with Crippen LogP contribution >= 0.6 is 7.82 Å². The van der Waals surface area contributed by atoms with Crippen molar-refractivity contribution in [2.75, 3.05) is 25.6 Å². The van der Waals surface area contributed by atoms with E-state index in [4.69, 9.17) is 14.5 Å². The quantitative estimate of drug-likeness (QED) is 0.474. The number of hydrogen-bond acceptors (Lipinski definition) is 8. The predicted octanol–water partition coefficient (Wildman–Crippen LogP) is -1.06. The topological polar surface area (TPSA) is 163 Å². The SMILES string of the molecule is CN(C)c1nc2c(ncn2[C@H]2C[C@H](OP(=O)(O)O)[C@@H](CO)O2)c(=O)[nH]1. The van der Waals surface area contributed by atoms with E-state index < -0.39 is 38.4 Å². The van der Waals surface area contributed by atoms with Gasteiger partial charge in [-0.1, -0.05) is 0 Å². The van der Waals surface area contributed by atoms with E-state index >= 15 is 0 Å². The maximum atomic E-state index is 12.1. The maximum absolute atomic E-state index is 12.1. The highest BCUT2D eigenvalue weighted by Gasteiger charge is 2.40. The molecule has 0 unspecified atom stereocenters. The minimum Gasteiger partial charge on any atom is -0.394 e. The van der Waals surface area contributed by atoms with Gasteiger partial charge in [-0.3, -0.25) is 18.9 Å². The fourth-order valence-electron chi connectivity index (χ4n) is 2.66. The van der Waals surface area contributed by atoms with Gasteiger partial charge in [0.25, 0.3) is 5.56 Å². The Morgan fingerprint density at radius 1 is 1.52 bits per heavy atom. The monoisotopic (exact) mass is 375 g/mol. The van der Waals surface area contributed by atoms with Crippen LogP contribution in [-0.2, 0) is 13.8 Å². The number of ether oxygens (including phenoxy) is 1. The van der Waals surface area contributed by atoms with E-state index in [1.54, 1.807) is 19.0 Å². The third-order valence-corrected chi connectivity index (χ3v) is 4.33. The number of aliphatic hydroxyl groups excluding tert-OH is 1. The molecule has 3 heterocycles. The van der Waals surface area contributed by atoms with Crippen LogP contribution in [0.4, 0.5) is 5.95 Å². The molecule has 1 fully saturated rings. The number of phosphoric ester groups is 1. The number of anilines is 1. The van der Waals surface area contributed by atoms with Gasteiger partial charge in [0.05, 0.1) is 12.9 Å². The van der Waals surface area contributed by atoms with Crippen molar-refractivity contribution in [1.29, 1.82) is 0 Å². The second-order valence-corrected chi connectivity index (χ2v) is 6.98. The fraction of sp³-hybridized carbons (Fsp3) is 0.583. The summed E-state index contributed by atoms with van der Waals surface area (Å²) < 4.78 is 22.8. The largest absolute Gasteiger partial charge is 0.469 e. The van der Waals surface area contributed by atoms with Crippen molar-refractivity contribution in [3.63, 3.8) is 0 Å². The minimum absolute atomic E-state index is 0.0492. The lowest BCUT2D eigenvalue weighted by atomic mass is 10.2. The van der Waals surface area contributed by atoms with Crippen LogP contribution < -0.4 is 10.5 Å². The van der Waals surface area contributed by atoms with E-state index in [1.807, 2.05) is 0 Å². The summed E-state index contributed by atoms with van der Waals surface area (Å²) in [4.78, 5) is 42.6. The molecule has 2 aromatic heterocycles. The molecule has 0 bridgehead atoms. The molecule has 0 radical (unpaired) electrons. The van der Waals surface area contributed by atoms with E-state index in [9.17, 15) is 14.5 Å². The highest BCUT2D eigenvalue weighted by Crippen LogP contribution is 2.43. The summed E-state index contributed by atoms with van der Waals surface area (Å²) in [6.45, 7) is -0.481. The lowest BCUT2D eigenvalue weighted by molar-refractivity contribution is -0.0425. The number of aliphatic hydroxyl groups is 1. The molecular formula is C12H18N5O7P. The lowest BCUT2D eigenvalue weighted by Gasteiger charge is -2.16. The van der Waals surface area contributed by atoms with Crippen molar-refractivity contribution in [2.24, 2.45) is 0 Å². The molecule has 1 saturated heterocycles. The fourth-order valence-corrected chi connectivity index (χ4v) is 3.23. The predicted molar refractivity (Wildman–Crippen MR) is 85.0 cm³/mol. The van der Waals surface area contributed by atoms with Crippen molar-refractivity contribution in [1.82, 2.24) is 19.5 Å². The Hall–Kier alpha value is -1.82. The molecule has 0 spiro atoms. The third-order valence-electron chi connectivity index (χ3n) is 3.79. The molecule has 25 heavy (non-hydrogen) atoms. The van der Waals surface area contributed by atoms with Crippen LogP contribution in [0.5, 0.6) is 0 Å². The molecule has 4 N–H and O–H groups in total. The maximum Gasteiger partial charge on any atom is 0.469 e. The average Bonchev–Trinajstić information content (AvgIpc) is 3.09. The van der Waals surface area contributed by atoms with Gasteiger partial charge in [-0.25, -0.2) is 9.55 Å². The van der Waals surface area contributed by atoms with Crippen molar-refractivity contribution >= 4 is 24.9 Å². The van der Waals surface area contributed by atoms with E-state index in [0.717, 1.165) is 0 Å². The zero-order valence-corrected chi connectivity index (χ0v) is 14.3. The zero-order chi connectivity index (χ0) is 18.4. The summed E-state index contributed by atoms with van der Waals surface area (Å²) >= 11 is 0. The first-order chi connectivity index (χ1) is 11.7. The van der Waals surface area contributed by atoms with Crippen LogP contribution in [0.15, 0.2) is 11.1 Å². The molecule has 12 nitrogen and oxygen atoms in total. The number of hydrogen-bond donors (Lipinski definition) is 4. The van der Waals surface area contributed by atoms with Crippen LogP contribution in [0.3, 0.4) is 0 Å². The Bertz CT molecular complexity index is 874. The summed E-state index contributed by atoms with van der Waals surface area (Å²) in [5, 5.41) is 9.36. The van der Waals surface area contributed by atoms with Crippen LogP contribution in [-0.4, -0.2) is 67.3 Å². The van der Waals surface area contributed by atoms with Gasteiger partial charge < -0.3 is 24.5 Å². The summed E-state index contributed by atoms with van der Waals surface area (Å²) in [6, 6.07) is 0. The summed E-state index contributed by atoms with van der Waals surface area (Å²) in [7, 11) is -1.32. The van der Waals surface area contributed by atoms with Crippen molar-refractivity contribution in [3.8, 4) is 0 Å². The molecule has 0 aromatic carbocycles. The average molecular weight is 375 g/mol. The van der Waals surface area contributed by atoms with Crippen LogP contribution in [0.1, 0.15) is 12.6 Å². The molecule has 138 valence electrons. The number of aromatic nitrogens is 4. The number of nitrogens with one attached hydrogen (secondary N) is 1. The number of fused-ring (bicyclic) bond motifs is 1. The molecule has 1 aliphatic rings. The highest BCUT2D eigenvalue weighted by molar-refractivity contribution is 7.46. The zero-order valence-electron chi connectivity index (χ0n) is 13.4. The normalized spacial score (nSPS) is 24.1. The van der Waals surface area contributed by atoms with Gasteiger partial charge in [-0.05, 0) is 0 Å². The molecule has 0 saturated carbocycles. The molecule has 0 amide bonds. The Labute approximate surface area is 141 Å². The number of imidazole rings is 1. The molecule has 3 rings (SSSR count). The van der Waals surface area contributed by atoms with Gasteiger partial charge in [0.2, 0.25) is 5.95 Å². The molecule has 3 atom stereocenters. The number of H-pyrrole nitrogens is 1. The summed E-state index contributed by atoms with van der Waals surface area (Å²) in [6.07, 6.45) is -1.28. The highest BCUT2D eigenvalue weighted by atomic mass is 31.2. The minimum atomic E-state index is -4.74. The van der Waals surface area contributed by atoms with Gasteiger partial charge >= 0.3 is 7.82 Å². The van der Waals surface area contributed by atoms with E-state index in [0.29, 0.717) is 5.95 Å².